The van der Waals surface area contributed by atoms with Gasteiger partial charge in [0.2, 0.25) is 5.91 Å². The number of pyridine rings is 1. The largest absolute Gasteiger partial charge is 0.387 e. The number of aromatic nitrogens is 2. The van der Waals surface area contributed by atoms with Gasteiger partial charge >= 0.3 is 0 Å². The molecule has 0 N–H and O–H groups in total. The molecule has 4 heterocycles. The van der Waals surface area contributed by atoms with Gasteiger partial charge in [0.15, 0.2) is 6.10 Å². The average molecular weight is 656 g/mol. The molecular formula is C25H19BrCl3N5O3S. The highest BCUT2D eigenvalue weighted by molar-refractivity contribution is 9.10. The molecule has 0 radical (unpaired) electrons. The van der Waals surface area contributed by atoms with Crippen LogP contribution in [0.3, 0.4) is 0 Å². The van der Waals surface area contributed by atoms with E-state index in [1.54, 1.807) is 28.4 Å². The Balaban J connectivity index is 1.19. The van der Waals surface area contributed by atoms with Crippen LogP contribution in [0.2, 0.25) is 15.1 Å². The Labute approximate surface area is 245 Å². The van der Waals surface area contributed by atoms with Crippen molar-refractivity contribution < 1.29 is 9.63 Å². The first-order chi connectivity index (χ1) is 18.2. The van der Waals surface area contributed by atoms with E-state index in [1.165, 1.54) is 16.8 Å². The highest BCUT2D eigenvalue weighted by Crippen LogP contribution is 2.40. The quantitative estimate of drug-likeness (QED) is 0.327. The second-order valence-electron chi connectivity index (χ2n) is 8.96. The molecule has 196 valence electrons. The molecule has 8 nitrogen and oxygen atoms in total. The molecular weight excluding hydrogens is 637 g/mol. The van der Waals surface area contributed by atoms with Gasteiger partial charge in [0, 0.05) is 52.1 Å². The summed E-state index contributed by atoms with van der Waals surface area (Å²) < 4.78 is 1.84. The molecule has 0 bridgehead atoms. The summed E-state index contributed by atoms with van der Waals surface area (Å²) in [7, 11) is 0. The van der Waals surface area contributed by atoms with Crippen molar-refractivity contribution in [2.75, 3.05) is 13.1 Å². The first kappa shape index (κ1) is 27.2. The minimum Gasteiger partial charge on any atom is -0.387 e. The first-order valence-corrected chi connectivity index (χ1v) is 14.4. The molecule has 3 aromatic rings. The number of benzene rings is 1. The van der Waals surface area contributed by atoms with Gasteiger partial charge in [-0.05, 0) is 47.0 Å². The molecule has 0 saturated carbocycles. The number of halogens is 4. The molecule has 1 atom stereocenters. The summed E-state index contributed by atoms with van der Waals surface area (Å²) in [6, 6.07) is 6.57. The second-order valence-corrected chi connectivity index (χ2v) is 12.0. The first-order valence-electron chi connectivity index (χ1n) is 11.6. The maximum atomic E-state index is 12.9. The second kappa shape index (κ2) is 11.4. The van der Waals surface area contributed by atoms with Crippen molar-refractivity contribution in [1.29, 1.82) is 5.26 Å². The number of amides is 1. The lowest BCUT2D eigenvalue weighted by molar-refractivity contribution is -0.132. The van der Waals surface area contributed by atoms with Crippen LogP contribution in [-0.2, 0) is 16.2 Å². The minimum atomic E-state index is -0.476. The smallest absolute Gasteiger partial charge is 0.269 e. The lowest BCUT2D eigenvalue weighted by Crippen LogP contribution is -2.41. The third-order valence-electron chi connectivity index (χ3n) is 6.53. The molecule has 0 aliphatic carbocycles. The number of nitrogens with zero attached hydrogens (tertiary/aromatic N) is 5. The van der Waals surface area contributed by atoms with E-state index in [0.717, 1.165) is 29.3 Å². The van der Waals surface area contributed by atoms with Crippen LogP contribution in [0.15, 0.2) is 44.2 Å². The normalized spacial score (nSPS) is 17.7. The van der Waals surface area contributed by atoms with Gasteiger partial charge in [-0.2, -0.15) is 5.26 Å². The minimum absolute atomic E-state index is 0.00611. The molecule has 1 fully saturated rings. The van der Waals surface area contributed by atoms with Crippen LogP contribution in [0, 0.1) is 11.3 Å². The van der Waals surface area contributed by atoms with Crippen LogP contribution in [0.4, 0.5) is 0 Å². The predicted molar refractivity (Wildman–Crippen MR) is 150 cm³/mol. The van der Waals surface area contributed by atoms with Crippen LogP contribution >= 0.6 is 62.1 Å². The summed E-state index contributed by atoms with van der Waals surface area (Å²) in [5.41, 5.74) is 1.65. The molecule has 1 amide bonds. The lowest BCUT2D eigenvalue weighted by atomic mass is 9.97. The van der Waals surface area contributed by atoms with Gasteiger partial charge < -0.3 is 14.3 Å². The number of hydrogen-bond donors (Lipinski definition) is 0. The van der Waals surface area contributed by atoms with Gasteiger partial charge in [0.25, 0.3) is 5.56 Å². The maximum Gasteiger partial charge on any atom is 0.269 e. The molecule has 13 heteroatoms. The predicted octanol–water partition coefficient (Wildman–Crippen LogP) is 6.17. The van der Waals surface area contributed by atoms with Gasteiger partial charge in [-0.25, -0.2) is 4.98 Å². The Morgan fingerprint density at radius 1 is 1.21 bits per heavy atom. The zero-order chi connectivity index (χ0) is 27.0. The zero-order valence-corrected chi connectivity index (χ0v) is 24.3. The zero-order valence-electron chi connectivity index (χ0n) is 19.7. The van der Waals surface area contributed by atoms with E-state index in [0.29, 0.717) is 44.6 Å². The van der Waals surface area contributed by atoms with Crippen molar-refractivity contribution in [3.8, 4) is 6.07 Å². The molecule has 1 unspecified atom stereocenters. The third-order valence-corrected chi connectivity index (χ3v) is 8.81. The molecule has 2 aliphatic heterocycles. The Morgan fingerprint density at radius 2 is 1.92 bits per heavy atom. The van der Waals surface area contributed by atoms with Gasteiger partial charge in [-0.3, -0.25) is 9.59 Å². The van der Waals surface area contributed by atoms with Gasteiger partial charge in [0.05, 0.1) is 20.7 Å². The summed E-state index contributed by atoms with van der Waals surface area (Å²) >= 11 is 23.6. The Hall–Kier alpha value is -2.42. The number of oxime groups is 1. The van der Waals surface area contributed by atoms with Crippen molar-refractivity contribution in [1.82, 2.24) is 14.5 Å². The molecule has 2 aliphatic rings. The highest BCUT2D eigenvalue weighted by Gasteiger charge is 2.31. The monoisotopic (exact) mass is 653 g/mol. The van der Waals surface area contributed by atoms with E-state index in [2.05, 4.69) is 21.1 Å². The number of thiazole rings is 1. The fraction of sp³-hybridized carbons (Fsp3) is 0.320. The molecule has 2 aromatic heterocycles. The van der Waals surface area contributed by atoms with Crippen LogP contribution in [0.5, 0.6) is 0 Å². The average Bonchev–Trinajstić information content (AvgIpc) is 3.56. The molecule has 1 aromatic carbocycles. The van der Waals surface area contributed by atoms with E-state index < -0.39 is 11.7 Å². The van der Waals surface area contributed by atoms with Crippen LogP contribution in [0.1, 0.15) is 53.1 Å². The number of carbonyl (C=O) groups excluding carboxylic acids is 1. The van der Waals surface area contributed by atoms with E-state index in [9.17, 15) is 9.59 Å². The maximum absolute atomic E-state index is 12.9. The SMILES string of the molecule is N#Cc1cc(Br)cn(CC(=O)N2CCC(c3nc(C4=NOC(c5c(Cl)cc(Cl)cc5Cl)C4)cs3)CC2)c1=O. The van der Waals surface area contributed by atoms with Crippen LogP contribution in [-0.4, -0.2) is 39.2 Å². The number of rotatable bonds is 5. The van der Waals surface area contributed by atoms with Crippen LogP contribution < -0.4 is 5.56 Å². The van der Waals surface area contributed by atoms with Crippen LogP contribution in [0.25, 0.3) is 0 Å². The summed E-state index contributed by atoms with van der Waals surface area (Å²) in [6.45, 7) is 1.01. The highest BCUT2D eigenvalue weighted by atomic mass is 79.9. The van der Waals surface area contributed by atoms with Gasteiger partial charge in [0.1, 0.15) is 23.9 Å². The van der Waals surface area contributed by atoms with Gasteiger partial charge in [-0.1, -0.05) is 40.0 Å². The molecule has 1 saturated heterocycles. The van der Waals surface area contributed by atoms with Crippen molar-refractivity contribution in [2.45, 2.75) is 37.8 Å². The summed E-state index contributed by atoms with van der Waals surface area (Å²) in [6.07, 6.45) is 3.12. The number of nitriles is 1. The van der Waals surface area contributed by atoms with Gasteiger partial charge in [-0.15, -0.1) is 11.3 Å². The van der Waals surface area contributed by atoms with E-state index in [4.69, 9.17) is 49.9 Å². The summed E-state index contributed by atoms with van der Waals surface area (Å²) in [5, 5.41) is 17.6. The fourth-order valence-electron chi connectivity index (χ4n) is 4.57. The van der Waals surface area contributed by atoms with Crippen molar-refractivity contribution in [3.63, 3.8) is 0 Å². The number of hydrogen-bond acceptors (Lipinski definition) is 7. The van der Waals surface area contributed by atoms with Crippen molar-refractivity contribution >= 4 is 73.7 Å². The lowest BCUT2D eigenvalue weighted by Gasteiger charge is -2.31. The Kier molecular flexibility index (Phi) is 8.12. The summed E-state index contributed by atoms with van der Waals surface area (Å²) in [5.74, 6) is 0.0610. The van der Waals surface area contributed by atoms with E-state index in [1.807, 2.05) is 11.4 Å². The third kappa shape index (κ3) is 5.63. The van der Waals surface area contributed by atoms with E-state index in [-0.39, 0.29) is 23.9 Å². The van der Waals surface area contributed by atoms with E-state index >= 15 is 0 Å². The molecule has 0 spiro atoms. The number of carbonyl (C=O) groups is 1. The number of likely N-dealkylation sites (tertiary alicyclic amines) is 1. The Morgan fingerprint density at radius 3 is 2.61 bits per heavy atom. The topological polar surface area (TPSA) is 101 Å². The van der Waals surface area contributed by atoms with Crippen molar-refractivity contribution in [3.05, 3.63) is 81.5 Å². The van der Waals surface area contributed by atoms with Crippen molar-refractivity contribution in [2.24, 2.45) is 5.16 Å². The summed E-state index contributed by atoms with van der Waals surface area (Å²) in [4.78, 5) is 37.4. The molecule has 5 rings (SSSR count). The standard InChI is InChI=1S/C25H19BrCl3N5O3S/c26-15-5-14(9-30)25(36)34(10-15)11-22(35)33-3-1-13(2-4-33)24-31-20(12-38-24)19-8-21(37-32-19)23-17(28)6-16(27)7-18(23)29/h5-7,10,12-13,21H,1-4,8,11H2. The molecule has 38 heavy (non-hydrogen) atoms. The fourth-order valence-corrected chi connectivity index (χ4v) is 7.11. The number of piperidine rings is 1. The Bertz CT molecular complexity index is 1520.